The Kier molecular flexibility index (Phi) is 4.57. The van der Waals surface area contributed by atoms with E-state index in [9.17, 15) is 0 Å². The van der Waals surface area contributed by atoms with Crippen LogP contribution in [-0.2, 0) is 6.42 Å². The van der Waals surface area contributed by atoms with Crippen molar-refractivity contribution in [3.05, 3.63) is 47.0 Å². The van der Waals surface area contributed by atoms with Gasteiger partial charge in [0.15, 0.2) is 0 Å². The zero-order chi connectivity index (χ0) is 13.8. The van der Waals surface area contributed by atoms with Gasteiger partial charge in [-0.2, -0.15) is 0 Å². The number of fused-ring (bicyclic) bond motifs is 1. The van der Waals surface area contributed by atoms with Gasteiger partial charge in [0.25, 0.3) is 0 Å². The van der Waals surface area contributed by atoms with Gasteiger partial charge in [-0.3, -0.25) is 0 Å². The molecule has 2 atom stereocenters. The number of allylic oxidation sites excluding steroid dienone is 1. The van der Waals surface area contributed by atoms with Crippen LogP contribution >= 0.6 is 0 Å². The molecule has 0 radical (unpaired) electrons. The van der Waals surface area contributed by atoms with Gasteiger partial charge in [-0.05, 0) is 56.2 Å². The van der Waals surface area contributed by atoms with Crippen LogP contribution in [0.3, 0.4) is 0 Å². The van der Waals surface area contributed by atoms with Crippen LogP contribution in [0.1, 0.15) is 62.5 Å². The summed E-state index contributed by atoms with van der Waals surface area (Å²) in [5.41, 5.74) is 4.84. The summed E-state index contributed by atoms with van der Waals surface area (Å²) >= 11 is 0. The van der Waals surface area contributed by atoms with Gasteiger partial charge in [-0.15, -0.1) is 0 Å². The monoisotopic (exact) mass is 269 g/mol. The number of nitrogens with one attached hydrogen (secondary N) is 1. The average Bonchev–Trinajstić information content (AvgIpc) is 2.73. The third-order valence-electron chi connectivity index (χ3n) is 4.89. The molecule has 108 valence electrons. The predicted molar refractivity (Wildman–Crippen MR) is 86.1 cm³/mol. The maximum Gasteiger partial charge on any atom is 0.0351 e. The second-order valence-corrected chi connectivity index (χ2v) is 6.32. The molecule has 0 aromatic heterocycles. The first-order chi connectivity index (χ1) is 9.90. The second-order valence-electron chi connectivity index (χ2n) is 6.32. The molecule has 0 heterocycles. The van der Waals surface area contributed by atoms with Crippen LogP contribution in [0, 0.1) is 0 Å². The van der Waals surface area contributed by atoms with E-state index in [0.29, 0.717) is 12.0 Å². The topological polar surface area (TPSA) is 12.0 Å². The Morgan fingerprint density at radius 1 is 1.20 bits per heavy atom. The van der Waals surface area contributed by atoms with Crippen molar-refractivity contribution in [2.75, 3.05) is 6.54 Å². The van der Waals surface area contributed by atoms with Crippen molar-refractivity contribution < 1.29 is 0 Å². The largest absolute Gasteiger partial charge is 0.310 e. The Morgan fingerprint density at radius 3 is 2.95 bits per heavy atom. The standard InChI is InChI=1S/C19H27N/c1-2-13-20-19(15-9-5-3-4-6-10-15)18-14-16-11-7-8-12-17(16)18/h7-9,11-12,18-20H,2-6,10,13-14H2,1H3. The summed E-state index contributed by atoms with van der Waals surface area (Å²) in [6.07, 6.45) is 11.8. The number of hydrogen-bond acceptors (Lipinski definition) is 1. The maximum absolute atomic E-state index is 3.84. The minimum Gasteiger partial charge on any atom is -0.310 e. The molecule has 0 spiro atoms. The summed E-state index contributed by atoms with van der Waals surface area (Å²) in [4.78, 5) is 0. The number of hydrogen-bond donors (Lipinski definition) is 1. The normalized spacial score (nSPS) is 23.2. The SMILES string of the molecule is CCCNC(C1=CCCCCC1)C1Cc2ccccc21. The van der Waals surface area contributed by atoms with Gasteiger partial charge in [0.2, 0.25) is 0 Å². The van der Waals surface area contributed by atoms with Crippen LogP contribution in [0.4, 0.5) is 0 Å². The summed E-state index contributed by atoms with van der Waals surface area (Å²) in [6, 6.07) is 9.59. The van der Waals surface area contributed by atoms with Crippen LogP contribution in [0.25, 0.3) is 0 Å². The predicted octanol–water partition coefficient (Wildman–Crippen LogP) is 4.59. The molecule has 2 unspecified atom stereocenters. The molecule has 2 aliphatic rings. The van der Waals surface area contributed by atoms with Crippen LogP contribution in [-0.4, -0.2) is 12.6 Å². The minimum absolute atomic E-state index is 0.586. The Bertz CT molecular complexity index is 474. The highest BCUT2D eigenvalue weighted by Crippen LogP contribution is 2.40. The zero-order valence-electron chi connectivity index (χ0n) is 12.7. The van der Waals surface area contributed by atoms with Gasteiger partial charge in [0.05, 0.1) is 0 Å². The molecule has 1 nitrogen and oxygen atoms in total. The molecule has 0 bridgehead atoms. The molecule has 1 heteroatoms. The first-order valence-electron chi connectivity index (χ1n) is 8.40. The third-order valence-corrected chi connectivity index (χ3v) is 4.89. The van der Waals surface area contributed by atoms with Crippen molar-refractivity contribution in [1.29, 1.82) is 0 Å². The lowest BCUT2D eigenvalue weighted by Gasteiger charge is -2.38. The highest BCUT2D eigenvalue weighted by atomic mass is 14.9. The number of benzene rings is 1. The van der Waals surface area contributed by atoms with E-state index in [0.717, 1.165) is 6.54 Å². The summed E-state index contributed by atoms with van der Waals surface area (Å²) in [5, 5.41) is 3.84. The molecule has 1 aromatic rings. The summed E-state index contributed by atoms with van der Waals surface area (Å²) in [5.74, 6) is 0.710. The van der Waals surface area contributed by atoms with E-state index in [1.807, 2.05) is 0 Å². The van der Waals surface area contributed by atoms with Crippen molar-refractivity contribution >= 4 is 0 Å². The van der Waals surface area contributed by atoms with Crippen molar-refractivity contribution in [2.45, 2.75) is 63.8 Å². The molecule has 20 heavy (non-hydrogen) atoms. The fraction of sp³-hybridized carbons (Fsp3) is 0.579. The maximum atomic E-state index is 3.84. The molecule has 0 saturated carbocycles. The lowest BCUT2D eigenvalue weighted by Crippen LogP contribution is -2.41. The molecule has 0 saturated heterocycles. The van der Waals surface area contributed by atoms with Gasteiger partial charge in [-0.25, -0.2) is 0 Å². The lowest BCUT2D eigenvalue weighted by molar-refractivity contribution is 0.432. The van der Waals surface area contributed by atoms with Crippen LogP contribution < -0.4 is 5.32 Å². The highest BCUT2D eigenvalue weighted by molar-refractivity contribution is 5.43. The molecule has 0 fully saturated rings. The van der Waals surface area contributed by atoms with E-state index in [1.54, 1.807) is 16.7 Å². The highest BCUT2D eigenvalue weighted by Gasteiger charge is 2.34. The fourth-order valence-corrected chi connectivity index (χ4v) is 3.75. The van der Waals surface area contributed by atoms with Gasteiger partial charge < -0.3 is 5.32 Å². The van der Waals surface area contributed by atoms with Gasteiger partial charge in [-0.1, -0.05) is 49.3 Å². The molecular weight excluding hydrogens is 242 g/mol. The third kappa shape index (κ3) is 2.83. The molecule has 0 amide bonds. The van der Waals surface area contributed by atoms with Crippen molar-refractivity contribution in [2.24, 2.45) is 0 Å². The average molecular weight is 269 g/mol. The molecule has 2 aliphatic carbocycles. The summed E-state index contributed by atoms with van der Waals surface area (Å²) in [7, 11) is 0. The van der Waals surface area contributed by atoms with Crippen LogP contribution in [0.2, 0.25) is 0 Å². The second kappa shape index (κ2) is 6.58. The molecule has 0 aliphatic heterocycles. The number of rotatable bonds is 5. The van der Waals surface area contributed by atoms with E-state index in [2.05, 4.69) is 42.6 Å². The van der Waals surface area contributed by atoms with Crippen LogP contribution in [0.5, 0.6) is 0 Å². The van der Waals surface area contributed by atoms with Crippen molar-refractivity contribution in [3.63, 3.8) is 0 Å². The Hall–Kier alpha value is -1.08. The first kappa shape index (κ1) is 13.9. The molecular formula is C19H27N. The zero-order valence-corrected chi connectivity index (χ0v) is 12.7. The molecule has 1 N–H and O–H groups in total. The summed E-state index contributed by atoms with van der Waals surface area (Å²) in [6.45, 7) is 3.40. The smallest absolute Gasteiger partial charge is 0.0351 e. The molecule has 3 rings (SSSR count). The first-order valence-corrected chi connectivity index (χ1v) is 8.40. The van der Waals surface area contributed by atoms with E-state index in [1.165, 1.54) is 44.9 Å². The van der Waals surface area contributed by atoms with E-state index in [-0.39, 0.29) is 0 Å². The van der Waals surface area contributed by atoms with Gasteiger partial charge >= 0.3 is 0 Å². The van der Waals surface area contributed by atoms with E-state index < -0.39 is 0 Å². The van der Waals surface area contributed by atoms with Gasteiger partial charge in [0.1, 0.15) is 0 Å². The van der Waals surface area contributed by atoms with E-state index in [4.69, 9.17) is 0 Å². The Morgan fingerprint density at radius 2 is 2.10 bits per heavy atom. The minimum atomic E-state index is 0.586. The summed E-state index contributed by atoms with van der Waals surface area (Å²) < 4.78 is 0. The molecule has 1 aromatic carbocycles. The van der Waals surface area contributed by atoms with E-state index >= 15 is 0 Å². The lowest BCUT2D eigenvalue weighted by atomic mass is 9.71. The van der Waals surface area contributed by atoms with Gasteiger partial charge in [0, 0.05) is 12.0 Å². The fourth-order valence-electron chi connectivity index (χ4n) is 3.75. The Balaban J connectivity index is 1.78. The van der Waals surface area contributed by atoms with Crippen LogP contribution in [0.15, 0.2) is 35.9 Å². The quantitative estimate of drug-likeness (QED) is 0.771. The van der Waals surface area contributed by atoms with Crippen molar-refractivity contribution in [1.82, 2.24) is 5.32 Å². The van der Waals surface area contributed by atoms with Crippen molar-refractivity contribution in [3.8, 4) is 0 Å². The Labute approximate surface area is 123 Å².